The molecule has 0 aliphatic carbocycles. The Kier molecular flexibility index (Phi) is 4.61. The molecule has 0 saturated carbocycles. The Balaban J connectivity index is 1.83. The highest BCUT2D eigenvalue weighted by Gasteiger charge is 2.28. The lowest BCUT2D eigenvalue weighted by molar-refractivity contribution is 0.233. The Hall–Kier alpha value is -1.95. The number of rotatable bonds is 5. The van der Waals surface area contributed by atoms with Gasteiger partial charge in [0, 0.05) is 31.5 Å². The van der Waals surface area contributed by atoms with E-state index in [1.807, 2.05) is 20.2 Å². The van der Waals surface area contributed by atoms with Crippen LogP contribution in [0.4, 0.5) is 5.82 Å². The number of aromatic nitrogens is 4. The first-order valence-electron chi connectivity index (χ1n) is 8.37. The fourth-order valence-electron chi connectivity index (χ4n) is 3.36. The maximum atomic E-state index is 4.68. The van der Waals surface area contributed by atoms with Gasteiger partial charge in [-0.05, 0) is 40.2 Å². The summed E-state index contributed by atoms with van der Waals surface area (Å²) in [7, 11) is 1.90. The normalized spacial score (nSPS) is 18.7. The Bertz CT molecular complexity index is 663. The Labute approximate surface area is 138 Å². The second kappa shape index (κ2) is 6.66. The molecule has 0 amide bonds. The minimum absolute atomic E-state index is 0.348. The highest BCUT2D eigenvalue weighted by atomic mass is 15.2. The van der Waals surface area contributed by atoms with E-state index >= 15 is 0 Å². The predicted molar refractivity (Wildman–Crippen MR) is 91.3 cm³/mol. The topological polar surface area (TPSA) is 58.9 Å². The zero-order valence-electron chi connectivity index (χ0n) is 14.5. The number of imidazole rings is 1. The van der Waals surface area contributed by atoms with E-state index in [1.54, 1.807) is 0 Å². The Morgan fingerprint density at radius 1 is 1.35 bits per heavy atom. The van der Waals surface area contributed by atoms with Crippen LogP contribution in [0.25, 0.3) is 0 Å². The summed E-state index contributed by atoms with van der Waals surface area (Å²) in [6.07, 6.45) is 6.31. The van der Waals surface area contributed by atoms with Crippen molar-refractivity contribution in [2.24, 2.45) is 0 Å². The highest BCUT2D eigenvalue weighted by molar-refractivity contribution is 5.36. The first kappa shape index (κ1) is 15.9. The molecule has 124 valence electrons. The number of hydrogen-bond donors (Lipinski definition) is 1. The van der Waals surface area contributed by atoms with Gasteiger partial charge in [-0.25, -0.2) is 15.0 Å². The van der Waals surface area contributed by atoms with Crippen molar-refractivity contribution in [3.63, 3.8) is 0 Å². The van der Waals surface area contributed by atoms with Crippen molar-refractivity contribution in [2.75, 3.05) is 18.9 Å². The van der Waals surface area contributed by atoms with E-state index < -0.39 is 0 Å². The van der Waals surface area contributed by atoms with Gasteiger partial charge in [0.05, 0.1) is 18.3 Å². The van der Waals surface area contributed by atoms with Gasteiger partial charge in [-0.1, -0.05) is 0 Å². The van der Waals surface area contributed by atoms with E-state index in [1.165, 1.54) is 6.42 Å². The number of nitrogens with one attached hydrogen (secondary N) is 1. The van der Waals surface area contributed by atoms with E-state index in [9.17, 15) is 0 Å². The van der Waals surface area contributed by atoms with Crippen LogP contribution in [0.15, 0.2) is 18.5 Å². The molecule has 1 atom stereocenters. The van der Waals surface area contributed by atoms with Gasteiger partial charge in [0.1, 0.15) is 17.5 Å². The molecule has 1 fully saturated rings. The van der Waals surface area contributed by atoms with Crippen molar-refractivity contribution < 1.29 is 0 Å². The van der Waals surface area contributed by atoms with E-state index in [4.69, 9.17) is 0 Å². The summed E-state index contributed by atoms with van der Waals surface area (Å²) in [5.41, 5.74) is 1.11. The molecule has 1 saturated heterocycles. The van der Waals surface area contributed by atoms with Gasteiger partial charge in [0.15, 0.2) is 0 Å². The van der Waals surface area contributed by atoms with Crippen LogP contribution in [-0.2, 0) is 6.54 Å². The molecule has 1 unspecified atom stereocenters. The largest absolute Gasteiger partial charge is 0.373 e. The third-order valence-electron chi connectivity index (χ3n) is 4.47. The molecule has 3 heterocycles. The number of aryl methyl sites for hydroxylation is 1. The summed E-state index contributed by atoms with van der Waals surface area (Å²) < 4.78 is 2.25. The van der Waals surface area contributed by atoms with E-state index in [0.29, 0.717) is 12.1 Å². The average Bonchev–Trinajstić information content (AvgIpc) is 3.16. The molecule has 1 N–H and O–H groups in total. The Morgan fingerprint density at radius 3 is 2.91 bits per heavy atom. The third-order valence-corrected chi connectivity index (χ3v) is 4.47. The van der Waals surface area contributed by atoms with Crippen molar-refractivity contribution in [3.05, 3.63) is 35.8 Å². The maximum Gasteiger partial charge on any atom is 0.129 e. The second-order valence-electron chi connectivity index (χ2n) is 6.45. The first-order valence-corrected chi connectivity index (χ1v) is 8.37. The molecule has 2 aromatic rings. The lowest BCUT2D eigenvalue weighted by Gasteiger charge is -2.25. The van der Waals surface area contributed by atoms with Gasteiger partial charge >= 0.3 is 0 Å². The molecule has 1 aliphatic rings. The molecule has 3 rings (SSSR count). The number of anilines is 1. The monoisotopic (exact) mass is 314 g/mol. The van der Waals surface area contributed by atoms with Gasteiger partial charge in [-0.3, -0.25) is 4.90 Å². The molecule has 6 heteroatoms. The fraction of sp³-hybridized carbons (Fsp3) is 0.588. The van der Waals surface area contributed by atoms with E-state index in [0.717, 1.165) is 42.7 Å². The van der Waals surface area contributed by atoms with Crippen LogP contribution >= 0.6 is 0 Å². The van der Waals surface area contributed by atoms with Gasteiger partial charge in [0.2, 0.25) is 0 Å². The van der Waals surface area contributed by atoms with Crippen molar-refractivity contribution in [1.29, 1.82) is 0 Å². The lowest BCUT2D eigenvalue weighted by atomic mass is 10.1. The van der Waals surface area contributed by atoms with Crippen LogP contribution in [0.1, 0.15) is 56.1 Å². The molecular formula is C17H26N6. The zero-order valence-corrected chi connectivity index (χ0v) is 14.5. The maximum absolute atomic E-state index is 4.68. The quantitative estimate of drug-likeness (QED) is 0.919. The van der Waals surface area contributed by atoms with Gasteiger partial charge in [0.25, 0.3) is 0 Å². The van der Waals surface area contributed by atoms with Gasteiger partial charge in [-0.2, -0.15) is 0 Å². The van der Waals surface area contributed by atoms with Gasteiger partial charge in [-0.15, -0.1) is 0 Å². The van der Waals surface area contributed by atoms with Crippen LogP contribution in [0.5, 0.6) is 0 Å². The molecule has 0 aromatic carbocycles. The summed E-state index contributed by atoms with van der Waals surface area (Å²) in [6.45, 7) is 8.30. The van der Waals surface area contributed by atoms with Crippen molar-refractivity contribution in [2.45, 2.75) is 52.2 Å². The zero-order chi connectivity index (χ0) is 16.4. The van der Waals surface area contributed by atoms with Crippen molar-refractivity contribution in [1.82, 2.24) is 24.4 Å². The summed E-state index contributed by atoms with van der Waals surface area (Å²) in [5, 5.41) is 3.13. The molecule has 2 aromatic heterocycles. The van der Waals surface area contributed by atoms with Crippen LogP contribution in [0.3, 0.4) is 0 Å². The van der Waals surface area contributed by atoms with Crippen molar-refractivity contribution >= 4 is 5.82 Å². The minimum Gasteiger partial charge on any atom is -0.373 e. The summed E-state index contributed by atoms with van der Waals surface area (Å²) in [4.78, 5) is 16.1. The number of hydrogen-bond acceptors (Lipinski definition) is 5. The van der Waals surface area contributed by atoms with E-state index in [-0.39, 0.29) is 0 Å². The molecule has 0 bridgehead atoms. The standard InChI is InChI=1S/C17H26N6/c1-12(2)23-9-7-19-17(23)11-22-8-5-6-15(22)14-10-16(18-4)21-13(3)20-14/h7,9-10,12,15H,5-6,8,11H2,1-4H3,(H,18,20,21). The molecular weight excluding hydrogens is 288 g/mol. The highest BCUT2D eigenvalue weighted by Crippen LogP contribution is 2.33. The Morgan fingerprint density at radius 2 is 2.17 bits per heavy atom. The fourth-order valence-corrected chi connectivity index (χ4v) is 3.36. The number of nitrogens with zero attached hydrogens (tertiary/aromatic N) is 5. The van der Waals surface area contributed by atoms with E-state index in [2.05, 4.69) is 55.8 Å². The second-order valence-corrected chi connectivity index (χ2v) is 6.45. The van der Waals surface area contributed by atoms with Crippen LogP contribution in [0, 0.1) is 6.92 Å². The lowest BCUT2D eigenvalue weighted by Crippen LogP contribution is -2.26. The first-order chi connectivity index (χ1) is 11.1. The molecule has 6 nitrogen and oxygen atoms in total. The average molecular weight is 314 g/mol. The molecule has 23 heavy (non-hydrogen) atoms. The predicted octanol–water partition coefficient (Wildman–Crippen LogP) is 2.94. The summed E-state index contributed by atoms with van der Waals surface area (Å²) in [5.74, 6) is 2.84. The minimum atomic E-state index is 0.348. The van der Waals surface area contributed by atoms with Crippen LogP contribution in [-0.4, -0.2) is 38.0 Å². The van der Waals surface area contributed by atoms with Crippen LogP contribution < -0.4 is 5.32 Å². The van der Waals surface area contributed by atoms with Gasteiger partial charge < -0.3 is 9.88 Å². The summed E-state index contributed by atoms with van der Waals surface area (Å²) >= 11 is 0. The third kappa shape index (κ3) is 3.37. The SMILES string of the molecule is CNc1cc(C2CCCN2Cc2nccn2C(C)C)nc(C)n1. The number of likely N-dealkylation sites (tertiary alicyclic amines) is 1. The summed E-state index contributed by atoms with van der Waals surface area (Å²) in [6, 6.07) is 2.86. The molecule has 0 radical (unpaired) electrons. The van der Waals surface area contributed by atoms with Crippen molar-refractivity contribution in [3.8, 4) is 0 Å². The molecule has 1 aliphatic heterocycles. The molecule has 0 spiro atoms. The van der Waals surface area contributed by atoms with Crippen LogP contribution in [0.2, 0.25) is 0 Å². The smallest absolute Gasteiger partial charge is 0.129 e.